The van der Waals surface area contributed by atoms with E-state index in [-0.39, 0.29) is 16.8 Å². The van der Waals surface area contributed by atoms with Crippen molar-refractivity contribution in [2.24, 2.45) is 5.92 Å². The van der Waals surface area contributed by atoms with Gasteiger partial charge in [-0.3, -0.25) is 0 Å². The van der Waals surface area contributed by atoms with Crippen molar-refractivity contribution in [3.8, 4) is 0 Å². The van der Waals surface area contributed by atoms with E-state index in [2.05, 4.69) is 17.2 Å². The lowest BCUT2D eigenvalue weighted by Crippen LogP contribution is -2.21. The Morgan fingerprint density at radius 3 is 2.54 bits per heavy atom. The van der Waals surface area contributed by atoms with Crippen LogP contribution in [-0.4, -0.2) is 14.5 Å². The Morgan fingerprint density at radius 1 is 1.07 bits per heavy atom. The van der Waals surface area contributed by atoms with Gasteiger partial charge in [-0.2, -0.15) is 0 Å². The smallest absolute Gasteiger partial charge is 0.141 e. The van der Waals surface area contributed by atoms with E-state index < -0.39 is 6.10 Å². The minimum atomic E-state index is -0.464. The lowest BCUT2D eigenvalue weighted by molar-refractivity contribution is 0.0810. The van der Waals surface area contributed by atoms with E-state index in [0.29, 0.717) is 11.8 Å². The summed E-state index contributed by atoms with van der Waals surface area (Å²) in [6.45, 7) is 0. The van der Waals surface area contributed by atoms with Crippen molar-refractivity contribution in [2.45, 2.75) is 56.5 Å². The summed E-state index contributed by atoms with van der Waals surface area (Å²) in [6, 6.07) is 7.23. The molecule has 0 aliphatic heterocycles. The molecule has 146 valence electrons. The first kappa shape index (κ1) is 18.1. The van der Waals surface area contributed by atoms with Gasteiger partial charge in [0.2, 0.25) is 0 Å². The molecule has 2 aliphatic carbocycles. The van der Waals surface area contributed by atoms with Crippen molar-refractivity contribution in [1.82, 2.24) is 9.38 Å². The second-order valence-electron chi connectivity index (χ2n) is 8.38. The number of nitrogens with zero attached hydrogens (tertiary/aromatic N) is 2. The number of rotatable bonds is 4. The van der Waals surface area contributed by atoms with E-state index in [1.54, 1.807) is 12.4 Å². The van der Waals surface area contributed by atoms with Crippen LogP contribution in [0.3, 0.4) is 0 Å². The molecule has 0 unspecified atom stereocenters. The number of fused-ring (bicyclic) bond motifs is 1. The average Bonchev–Trinajstić information content (AvgIpc) is 3.45. The Labute approximate surface area is 169 Å². The molecule has 2 aliphatic rings. The Morgan fingerprint density at radius 2 is 1.82 bits per heavy atom. The molecule has 2 saturated carbocycles. The molecule has 0 radical (unpaired) electrons. The van der Waals surface area contributed by atoms with Gasteiger partial charge in [0.1, 0.15) is 5.82 Å². The third-order valence-corrected chi connectivity index (χ3v) is 6.90. The quantitative estimate of drug-likeness (QED) is 0.584. The van der Waals surface area contributed by atoms with Gasteiger partial charge in [-0.25, -0.2) is 9.37 Å². The largest absolute Gasteiger partial charge is 0.388 e. The second kappa shape index (κ2) is 7.16. The van der Waals surface area contributed by atoms with Crippen molar-refractivity contribution in [3.05, 3.63) is 70.5 Å². The van der Waals surface area contributed by atoms with Crippen LogP contribution in [0, 0.1) is 11.7 Å². The summed E-state index contributed by atoms with van der Waals surface area (Å²) in [5.74, 6) is 0.847. The molecule has 5 rings (SSSR count). The van der Waals surface area contributed by atoms with E-state index in [9.17, 15) is 9.50 Å². The molecule has 0 amide bonds. The number of halogens is 2. The van der Waals surface area contributed by atoms with Gasteiger partial charge in [0.25, 0.3) is 0 Å². The summed E-state index contributed by atoms with van der Waals surface area (Å²) in [5, 5.41) is 11.5. The van der Waals surface area contributed by atoms with Crippen molar-refractivity contribution in [2.75, 3.05) is 0 Å². The van der Waals surface area contributed by atoms with E-state index >= 15 is 0 Å². The molecule has 1 N–H and O–H groups in total. The fraction of sp³-hybridized carbons (Fsp3) is 0.435. The minimum absolute atomic E-state index is 0.196. The molecule has 1 aromatic carbocycles. The number of hydrogen-bond acceptors (Lipinski definition) is 2. The molecule has 28 heavy (non-hydrogen) atoms. The summed E-state index contributed by atoms with van der Waals surface area (Å²) < 4.78 is 15.5. The van der Waals surface area contributed by atoms with Crippen molar-refractivity contribution < 1.29 is 9.50 Å². The van der Waals surface area contributed by atoms with E-state index in [1.165, 1.54) is 24.5 Å². The molecule has 2 aromatic heterocycles. The zero-order chi connectivity index (χ0) is 19.3. The van der Waals surface area contributed by atoms with Crippen LogP contribution in [0.15, 0.2) is 43.0 Å². The molecular formula is C23H24ClFN2O. The lowest BCUT2D eigenvalue weighted by atomic mass is 9.75. The fourth-order valence-electron chi connectivity index (χ4n) is 4.87. The number of aromatic nitrogens is 2. The molecule has 0 bridgehead atoms. The first-order valence-corrected chi connectivity index (χ1v) is 10.6. The highest BCUT2D eigenvalue weighted by Crippen LogP contribution is 2.48. The van der Waals surface area contributed by atoms with E-state index in [4.69, 9.17) is 11.6 Å². The highest BCUT2D eigenvalue weighted by molar-refractivity contribution is 6.30. The molecule has 0 spiro atoms. The maximum Gasteiger partial charge on any atom is 0.141 e. The SMILES string of the molecule is O[C@H](c1c(C2CC2)ccn2cncc12)[C@H]1CC[C@H](c2ccc(F)c(Cl)c2)CC1. The minimum Gasteiger partial charge on any atom is -0.388 e. The summed E-state index contributed by atoms with van der Waals surface area (Å²) in [7, 11) is 0. The zero-order valence-corrected chi connectivity index (χ0v) is 16.4. The Kier molecular flexibility index (Phi) is 4.64. The monoisotopic (exact) mass is 398 g/mol. The van der Waals surface area contributed by atoms with Crippen LogP contribution in [-0.2, 0) is 0 Å². The number of aliphatic hydroxyl groups is 1. The van der Waals surface area contributed by atoms with Crippen LogP contribution in [0.5, 0.6) is 0 Å². The van der Waals surface area contributed by atoms with Gasteiger partial charge >= 0.3 is 0 Å². The van der Waals surface area contributed by atoms with Gasteiger partial charge in [0.15, 0.2) is 0 Å². The normalized spacial score (nSPS) is 23.8. The topological polar surface area (TPSA) is 37.5 Å². The number of benzene rings is 1. The lowest BCUT2D eigenvalue weighted by Gasteiger charge is -2.33. The second-order valence-corrected chi connectivity index (χ2v) is 8.78. The highest BCUT2D eigenvalue weighted by Gasteiger charge is 2.34. The van der Waals surface area contributed by atoms with Crippen LogP contribution in [0.25, 0.3) is 5.52 Å². The van der Waals surface area contributed by atoms with Gasteiger partial charge in [0, 0.05) is 11.8 Å². The van der Waals surface area contributed by atoms with E-state index in [0.717, 1.165) is 42.3 Å². The van der Waals surface area contributed by atoms with Crippen LogP contribution in [0.4, 0.5) is 4.39 Å². The first-order chi connectivity index (χ1) is 13.6. The average molecular weight is 399 g/mol. The Bertz CT molecular complexity index is 1010. The van der Waals surface area contributed by atoms with Crippen molar-refractivity contribution >= 4 is 17.1 Å². The standard InChI is InChI=1S/C23H24ClFN2O/c24-19-11-17(7-8-20(19)25)14-1-5-16(6-2-14)23(28)22-18(15-3-4-15)9-10-27-13-26-12-21(22)27/h7-16,23,28H,1-6H2/t14-,16-,23-/m0/s1. The molecule has 0 saturated heterocycles. The molecule has 1 atom stereocenters. The summed E-state index contributed by atoms with van der Waals surface area (Å²) in [6.07, 6.45) is 11.6. The van der Waals surface area contributed by atoms with Crippen LogP contribution in [0.2, 0.25) is 5.02 Å². The summed E-state index contributed by atoms with van der Waals surface area (Å²) in [4.78, 5) is 4.29. The van der Waals surface area contributed by atoms with Gasteiger partial charge < -0.3 is 9.51 Å². The predicted octanol–water partition coefficient (Wildman–Crippen LogP) is 6.01. The maximum absolute atomic E-state index is 13.5. The molecule has 2 fully saturated rings. The zero-order valence-electron chi connectivity index (χ0n) is 15.7. The van der Waals surface area contributed by atoms with Gasteiger partial charge in [0.05, 0.1) is 29.2 Å². The van der Waals surface area contributed by atoms with Crippen LogP contribution < -0.4 is 0 Å². The Balaban J connectivity index is 1.37. The van der Waals surface area contributed by atoms with Crippen LogP contribution >= 0.6 is 11.6 Å². The number of hydrogen-bond donors (Lipinski definition) is 1. The van der Waals surface area contributed by atoms with Crippen molar-refractivity contribution in [3.63, 3.8) is 0 Å². The number of imidazole rings is 1. The molecule has 2 heterocycles. The number of pyridine rings is 1. The van der Waals surface area contributed by atoms with Crippen molar-refractivity contribution in [1.29, 1.82) is 0 Å². The van der Waals surface area contributed by atoms with Gasteiger partial charge in [-0.05, 0) is 85.6 Å². The summed E-state index contributed by atoms with van der Waals surface area (Å²) >= 11 is 5.97. The third kappa shape index (κ3) is 3.23. The predicted molar refractivity (Wildman–Crippen MR) is 108 cm³/mol. The fourth-order valence-corrected chi connectivity index (χ4v) is 5.06. The summed E-state index contributed by atoms with van der Waals surface area (Å²) in [5.41, 5.74) is 4.52. The maximum atomic E-state index is 13.5. The molecule has 3 nitrogen and oxygen atoms in total. The highest BCUT2D eigenvalue weighted by atomic mass is 35.5. The van der Waals surface area contributed by atoms with Gasteiger partial charge in [-0.1, -0.05) is 17.7 Å². The van der Waals surface area contributed by atoms with E-state index in [1.807, 2.05) is 16.7 Å². The molecule has 5 heteroatoms. The molecular weight excluding hydrogens is 375 g/mol. The number of aliphatic hydroxyl groups excluding tert-OH is 1. The third-order valence-electron chi connectivity index (χ3n) is 6.61. The first-order valence-electron chi connectivity index (χ1n) is 10.2. The Hall–Kier alpha value is -1.91. The molecule has 3 aromatic rings. The van der Waals surface area contributed by atoms with Gasteiger partial charge in [-0.15, -0.1) is 0 Å². The van der Waals surface area contributed by atoms with Crippen LogP contribution in [0.1, 0.15) is 73.2 Å².